The van der Waals surface area contributed by atoms with E-state index in [1.165, 1.54) is 11.3 Å². The van der Waals surface area contributed by atoms with Gasteiger partial charge in [-0.15, -0.1) is 11.6 Å². The molecule has 0 aliphatic heterocycles. The molecule has 0 saturated carbocycles. The highest BCUT2D eigenvalue weighted by molar-refractivity contribution is 6.17. The van der Waals surface area contributed by atoms with Crippen molar-refractivity contribution in [1.82, 2.24) is 9.55 Å². The van der Waals surface area contributed by atoms with E-state index in [-0.39, 0.29) is 0 Å². The van der Waals surface area contributed by atoms with Crippen LogP contribution in [0.15, 0.2) is 48.5 Å². The molecule has 3 heteroatoms. The van der Waals surface area contributed by atoms with Crippen molar-refractivity contribution in [2.24, 2.45) is 0 Å². The zero-order valence-corrected chi connectivity index (χ0v) is 12.4. The fourth-order valence-corrected chi connectivity index (χ4v) is 2.79. The van der Waals surface area contributed by atoms with Crippen molar-refractivity contribution in [1.29, 1.82) is 0 Å². The third-order valence-electron chi connectivity index (χ3n) is 3.55. The van der Waals surface area contributed by atoms with Crippen LogP contribution in [-0.2, 0) is 5.88 Å². The van der Waals surface area contributed by atoms with Gasteiger partial charge in [0, 0.05) is 0 Å². The zero-order valence-electron chi connectivity index (χ0n) is 11.7. The summed E-state index contributed by atoms with van der Waals surface area (Å²) in [6.45, 7) is 4.41. The van der Waals surface area contributed by atoms with Gasteiger partial charge in [0.2, 0.25) is 0 Å². The number of aromatic nitrogens is 2. The molecule has 0 radical (unpaired) electrons. The molecule has 0 N–H and O–H groups in total. The van der Waals surface area contributed by atoms with Crippen LogP contribution in [0.5, 0.6) is 0 Å². The summed E-state index contributed by atoms with van der Waals surface area (Å²) in [6, 6.07) is 16.6. The molecule has 0 aliphatic rings. The van der Waals surface area contributed by atoms with Crippen molar-refractivity contribution < 1.29 is 0 Å². The fraction of sp³-hybridized carbons (Fsp3) is 0.235. The van der Waals surface area contributed by atoms with Gasteiger partial charge in [-0.05, 0) is 29.7 Å². The molecule has 1 aromatic heterocycles. The van der Waals surface area contributed by atoms with E-state index in [1.807, 2.05) is 18.2 Å². The first-order valence-electron chi connectivity index (χ1n) is 6.84. The van der Waals surface area contributed by atoms with E-state index < -0.39 is 0 Å². The van der Waals surface area contributed by atoms with E-state index in [4.69, 9.17) is 11.6 Å². The Morgan fingerprint density at radius 2 is 1.75 bits per heavy atom. The lowest BCUT2D eigenvalue weighted by Gasteiger charge is -2.15. The number of hydrogen-bond donors (Lipinski definition) is 0. The summed E-state index contributed by atoms with van der Waals surface area (Å²) in [7, 11) is 0. The number of nitrogens with zero attached hydrogens (tertiary/aromatic N) is 2. The molecule has 2 nitrogen and oxygen atoms in total. The van der Waals surface area contributed by atoms with E-state index in [1.54, 1.807) is 0 Å². The fourth-order valence-electron chi connectivity index (χ4n) is 2.61. The second kappa shape index (κ2) is 5.29. The minimum atomic E-state index is 0.404. The van der Waals surface area contributed by atoms with E-state index in [9.17, 15) is 0 Å². The quantitative estimate of drug-likeness (QED) is 0.626. The van der Waals surface area contributed by atoms with Gasteiger partial charge in [0.05, 0.1) is 22.6 Å². The second-order valence-corrected chi connectivity index (χ2v) is 5.47. The Morgan fingerprint density at radius 1 is 1.05 bits per heavy atom. The summed E-state index contributed by atoms with van der Waals surface area (Å²) >= 11 is 6.10. The molecular weight excluding hydrogens is 268 g/mol. The van der Waals surface area contributed by atoms with Crippen molar-refractivity contribution in [2.45, 2.75) is 25.6 Å². The van der Waals surface area contributed by atoms with E-state index >= 15 is 0 Å². The lowest BCUT2D eigenvalue weighted by atomic mass is 10.0. The van der Waals surface area contributed by atoms with Crippen LogP contribution in [0, 0.1) is 0 Å². The molecule has 3 aromatic rings. The summed E-state index contributed by atoms with van der Waals surface area (Å²) in [5.41, 5.74) is 4.58. The first-order chi connectivity index (χ1) is 9.72. The number of benzene rings is 2. The van der Waals surface area contributed by atoms with Gasteiger partial charge in [0.25, 0.3) is 0 Å². The monoisotopic (exact) mass is 284 g/mol. The van der Waals surface area contributed by atoms with Crippen molar-refractivity contribution in [3.8, 4) is 5.69 Å². The third-order valence-corrected chi connectivity index (χ3v) is 3.79. The third kappa shape index (κ3) is 2.10. The van der Waals surface area contributed by atoms with Crippen molar-refractivity contribution in [3.05, 3.63) is 59.9 Å². The van der Waals surface area contributed by atoms with Gasteiger partial charge in [-0.1, -0.05) is 44.2 Å². The number of fused-ring (bicyclic) bond motifs is 1. The van der Waals surface area contributed by atoms with Crippen LogP contribution in [0.25, 0.3) is 16.7 Å². The van der Waals surface area contributed by atoms with E-state index in [2.05, 4.69) is 53.7 Å². The van der Waals surface area contributed by atoms with Crippen LogP contribution in [-0.4, -0.2) is 9.55 Å². The molecule has 0 aliphatic carbocycles. The van der Waals surface area contributed by atoms with Gasteiger partial charge in [0.1, 0.15) is 5.82 Å². The van der Waals surface area contributed by atoms with Crippen LogP contribution in [0.3, 0.4) is 0 Å². The molecule has 0 bridgehead atoms. The molecule has 20 heavy (non-hydrogen) atoms. The molecule has 2 aromatic carbocycles. The molecular formula is C17H17ClN2. The molecule has 3 rings (SSSR count). The first kappa shape index (κ1) is 13.2. The normalized spacial score (nSPS) is 11.4. The van der Waals surface area contributed by atoms with Crippen molar-refractivity contribution >= 4 is 22.6 Å². The minimum Gasteiger partial charge on any atom is -0.295 e. The van der Waals surface area contributed by atoms with Crippen LogP contribution in [0.1, 0.15) is 31.2 Å². The molecule has 0 unspecified atom stereocenters. The maximum atomic E-state index is 6.10. The average Bonchev–Trinajstić information content (AvgIpc) is 2.85. The number of alkyl halides is 1. The molecule has 0 spiro atoms. The minimum absolute atomic E-state index is 0.404. The smallest absolute Gasteiger partial charge is 0.129 e. The molecule has 102 valence electrons. The first-order valence-corrected chi connectivity index (χ1v) is 7.37. The average molecular weight is 285 g/mol. The van der Waals surface area contributed by atoms with Gasteiger partial charge < -0.3 is 0 Å². The number of halogens is 1. The Kier molecular flexibility index (Phi) is 3.49. The van der Waals surface area contributed by atoms with E-state index in [0.29, 0.717) is 11.8 Å². The molecule has 0 fully saturated rings. The van der Waals surface area contributed by atoms with Crippen LogP contribution in [0.2, 0.25) is 0 Å². The van der Waals surface area contributed by atoms with Gasteiger partial charge in [-0.2, -0.15) is 0 Å². The maximum absolute atomic E-state index is 6.10. The Bertz CT molecular complexity index is 744. The summed E-state index contributed by atoms with van der Waals surface area (Å²) < 4.78 is 2.18. The summed E-state index contributed by atoms with van der Waals surface area (Å²) in [6.07, 6.45) is 0. The molecule has 1 heterocycles. The van der Waals surface area contributed by atoms with Crippen molar-refractivity contribution in [3.63, 3.8) is 0 Å². The number of para-hydroxylation sites is 3. The summed E-state index contributed by atoms with van der Waals surface area (Å²) in [4.78, 5) is 4.64. The predicted octanol–water partition coefficient (Wildman–Crippen LogP) is 4.89. The lowest BCUT2D eigenvalue weighted by Crippen LogP contribution is -2.04. The summed E-state index contributed by atoms with van der Waals surface area (Å²) in [5.74, 6) is 1.75. The van der Waals surface area contributed by atoms with Crippen LogP contribution < -0.4 is 0 Å². The second-order valence-electron chi connectivity index (χ2n) is 5.20. The Morgan fingerprint density at radius 3 is 2.50 bits per heavy atom. The standard InChI is InChI=1S/C17H17ClN2/c1-12(2)13-7-3-5-9-15(13)20-16-10-6-4-8-14(16)19-17(20)11-18/h3-10,12H,11H2,1-2H3. The highest BCUT2D eigenvalue weighted by Crippen LogP contribution is 2.28. The highest BCUT2D eigenvalue weighted by atomic mass is 35.5. The van der Waals surface area contributed by atoms with E-state index in [0.717, 1.165) is 16.9 Å². The number of hydrogen-bond acceptors (Lipinski definition) is 1. The maximum Gasteiger partial charge on any atom is 0.129 e. The lowest BCUT2D eigenvalue weighted by molar-refractivity contribution is 0.841. The Hall–Kier alpha value is -1.80. The molecule has 0 atom stereocenters. The SMILES string of the molecule is CC(C)c1ccccc1-n1c(CCl)nc2ccccc21. The number of rotatable bonds is 3. The van der Waals surface area contributed by atoms with Crippen molar-refractivity contribution in [2.75, 3.05) is 0 Å². The topological polar surface area (TPSA) is 17.8 Å². The largest absolute Gasteiger partial charge is 0.295 e. The Labute approximate surface area is 124 Å². The predicted molar refractivity (Wildman–Crippen MR) is 84.7 cm³/mol. The Balaban J connectivity index is 2.34. The van der Waals surface area contributed by atoms with Gasteiger partial charge >= 0.3 is 0 Å². The van der Waals surface area contributed by atoms with Gasteiger partial charge in [0.15, 0.2) is 0 Å². The van der Waals surface area contributed by atoms with Gasteiger partial charge in [-0.25, -0.2) is 4.98 Å². The number of imidazole rings is 1. The highest BCUT2D eigenvalue weighted by Gasteiger charge is 2.15. The van der Waals surface area contributed by atoms with Crippen LogP contribution in [0.4, 0.5) is 0 Å². The molecule has 0 saturated heterocycles. The molecule has 0 amide bonds. The zero-order chi connectivity index (χ0) is 14.1. The van der Waals surface area contributed by atoms with Crippen LogP contribution >= 0.6 is 11.6 Å². The summed E-state index contributed by atoms with van der Waals surface area (Å²) in [5, 5.41) is 0. The van der Waals surface area contributed by atoms with Gasteiger partial charge in [-0.3, -0.25) is 4.57 Å².